The first-order valence-corrected chi connectivity index (χ1v) is 9.31. The van der Waals surface area contributed by atoms with Crippen molar-refractivity contribution in [3.05, 3.63) is 0 Å². The van der Waals surface area contributed by atoms with Crippen LogP contribution in [0.5, 0.6) is 0 Å². The van der Waals surface area contributed by atoms with Gasteiger partial charge in [0.25, 0.3) is 0 Å². The Balaban J connectivity index is 3.62. The van der Waals surface area contributed by atoms with Gasteiger partial charge < -0.3 is 19.7 Å². The van der Waals surface area contributed by atoms with E-state index in [9.17, 15) is 19.0 Å². The van der Waals surface area contributed by atoms with Crippen LogP contribution in [0.3, 0.4) is 0 Å². The average molecular weight is 323 g/mol. The van der Waals surface area contributed by atoms with Crippen molar-refractivity contribution < 1.29 is 28.5 Å². The van der Waals surface area contributed by atoms with Gasteiger partial charge in [-0.2, -0.15) is 0 Å². The molecule has 0 aliphatic carbocycles. The molecule has 0 aliphatic heterocycles. The fourth-order valence-corrected chi connectivity index (χ4v) is 3.20. The van der Waals surface area contributed by atoms with Crippen molar-refractivity contribution >= 4 is 19.4 Å². The molecule has 0 saturated heterocycles. The Morgan fingerprint density at radius 2 is 1.76 bits per heavy atom. The number of carbonyl (C=O) groups is 2. The first-order chi connectivity index (χ1) is 9.91. The lowest BCUT2D eigenvalue weighted by Gasteiger charge is -2.11. The predicted octanol–water partition coefficient (Wildman–Crippen LogP) is 2.47. The fraction of sp³-hybridized carbons (Fsp3) is 0.846. The topological polar surface area (TPSA) is 102 Å². The Bertz CT molecular complexity index is 361. The molecule has 0 aromatic heterocycles. The van der Waals surface area contributed by atoms with E-state index in [0.29, 0.717) is 19.0 Å². The molecular weight excluding hydrogens is 297 g/mol. The third-order valence-corrected chi connectivity index (χ3v) is 4.71. The van der Waals surface area contributed by atoms with Crippen LogP contribution >= 0.6 is 7.37 Å². The van der Waals surface area contributed by atoms with Crippen LogP contribution in [0.15, 0.2) is 0 Å². The van der Waals surface area contributed by atoms with Gasteiger partial charge in [0.1, 0.15) is 0 Å². The van der Waals surface area contributed by atoms with Crippen molar-refractivity contribution in [3.63, 3.8) is 0 Å². The maximum absolute atomic E-state index is 11.7. The van der Waals surface area contributed by atoms with Crippen LogP contribution in [0.4, 0.5) is 4.79 Å². The van der Waals surface area contributed by atoms with Crippen LogP contribution in [0.25, 0.3) is 0 Å². The normalized spacial score (nSPS) is 13.3. The van der Waals surface area contributed by atoms with Gasteiger partial charge >= 0.3 is 12.1 Å². The molecular formula is C13H26NO6P. The molecule has 0 bridgehead atoms. The van der Waals surface area contributed by atoms with E-state index in [0.717, 1.165) is 12.8 Å². The lowest BCUT2D eigenvalue weighted by atomic mass is 10.3. The summed E-state index contributed by atoms with van der Waals surface area (Å²) in [5.74, 6) is -0.414. The standard InChI is InChI=1S/C13H26NO6P/c1-3-5-9-21(17,18)10-6-8-14-13(16)20-11-19-12(15)7-4-2/h3-11H2,1-2H3,(H,14,16)(H,17,18). The molecule has 1 amide bonds. The Morgan fingerprint density at radius 1 is 1.10 bits per heavy atom. The summed E-state index contributed by atoms with van der Waals surface area (Å²) >= 11 is 0. The Morgan fingerprint density at radius 3 is 2.38 bits per heavy atom. The Hall–Kier alpha value is -1.07. The molecule has 0 spiro atoms. The first kappa shape index (κ1) is 19.9. The van der Waals surface area contributed by atoms with Crippen molar-refractivity contribution in [1.82, 2.24) is 5.32 Å². The van der Waals surface area contributed by atoms with Crippen LogP contribution in [0.1, 0.15) is 46.0 Å². The van der Waals surface area contributed by atoms with E-state index in [1.807, 2.05) is 13.8 Å². The third-order valence-electron chi connectivity index (χ3n) is 2.68. The summed E-state index contributed by atoms with van der Waals surface area (Å²) < 4.78 is 21.0. The molecule has 21 heavy (non-hydrogen) atoms. The van der Waals surface area contributed by atoms with Crippen molar-refractivity contribution in [3.8, 4) is 0 Å². The number of amides is 1. The summed E-state index contributed by atoms with van der Waals surface area (Å²) in [5, 5.41) is 2.43. The minimum atomic E-state index is -3.07. The zero-order valence-corrected chi connectivity index (χ0v) is 13.7. The molecule has 0 radical (unpaired) electrons. The molecule has 0 aromatic carbocycles. The second kappa shape index (κ2) is 11.6. The van der Waals surface area contributed by atoms with E-state index in [1.54, 1.807) is 0 Å². The van der Waals surface area contributed by atoms with Gasteiger partial charge in [-0.3, -0.25) is 9.36 Å². The summed E-state index contributed by atoms with van der Waals surface area (Å²) in [4.78, 5) is 31.8. The summed E-state index contributed by atoms with van der Waals surface area (Å²) in [7, 11) is -3.07. The van der Waals surface area contributed by atoms with Crippen molar-refractivity contribution in [2.45, 2.75) is 46.0 Å². The van der Waals surface area contributed by atoms with Crippen LogP contribution in [-0.2, 0) is 18.8 Å². The summed E-state index contributed by atoms with van der Waals surface area (Å²) in [5.41, 5.74) is 0. The number of ether oxygens (including phenoxy) is 2. The van der Waals surface area contributed by atoms with E-state index in [1.165, 1.54) is 0 Å². The smallest absolute Gasteiger partial charge is 0.410 e. The maximum atomic E-state index is 11.7. The van der Waals surface area contributed by atoms with E-state index < -0.39 is 26.2 Å². The second-order valence-corrected chi connectivity index (χ2v) is 7.33. The molecule has 0 aliphatic rings. The third kappa shape index (κ3) is 12.4. The Labute approximate surface area is 125 Å². The van der Waals surface area contributed by atoms with Gasteiger partial charge in [-0.1, -0.05) is 20.3 Å². The average Bonchev–Trinajstić information content (AvgIpc) is 2.42. The molecule has 124 valence electrons. The minimum absolute atomic E-state index is 0.179. The number of unbranched alkanes of at least 4 members (excludes halogenated alkanes) is 1. The molecule has 0 saturated carbocycles. The largest absolute Gasteiger partial charge is 0.428 e. The molecule has 2 N–H and O–H groups in total. The van der Waals surface area contributed by atoms with Gasteiger partial charge in [0.15, 0.2) is 0 Å². The minimum Gasteiger partial charge on any atom is -0.428 e. The highest BCUT2D eigenvalue weighted by Crippen LogP contribution is 2.41. The molecule has 0 heterocycles. The fourth-order valence-electron chi connectivity index (χ4n) is 1.51. The Kier molecular flexibility index (Phi) is 11.0. The predicted molar refractivity (Wildman–Crippen MR) is 79.4 cm³/mol. The second-order valence-electron chi connectivity index (χ2n) is 4.74. The van der Waals surface area contributed by atoms with E-state index in [2.05, 4.69) is 14.8 Å². The molecule has 0 rings (SSSR count). The zero-order chi connectivity index (χ0) is 16.1. The van der Waals surface area contributed by atoms with Gasteiger partial charge in [-0.05, 0) is 19.3 Å². The molecule has 0 aromatic rings. The first-order valence-electron chi connectivity index (χ1n) is 7.28. The lowest BCUT2D eigenvalue weighted by molar-refractivity contribution is -0.151. The van der Waals surface area contributed by atoms with Crippen molar-refractivity contribution in [1.29, 1.82) is 0 Å². The number of esters is 1. The highest BCUT2D eigenvalue weighted by Gasteiger charge is 2.16. The monoisotopic (exact) mass is 323 g/mol. The molecule has 8 heteroatoms. The number of alkyl carbamates (subject to hydrolysis) is 1. The molecule has 0 fully saturated rings. The van der Waals surface area contributed by atoms with E-state index in [-0.39, 0.29) is 19.1 Å². The molecule has 1 unspecified atom stereocenters. The van der Waals surface area contributed by atoms with Gasteiger partial charge in [0.05, 0.1) is 0 Å². The zero-order valence-electron chi connectivity index (χ0n) is 12.8. The number of rotatable bonds is 11. The van der Waals surface area contributed by atoms with E-state index >= 15 is 0 Å². The van der Waals surface area contributed by atoms with Crippen molar-refractivity contribution in [2.75, 3.05) is 25.7 Å². The van der Waals surface area contributed by atoms with Crippen LogP contribution in [0.2, 0.25) is 0 Å². The maximum Gasteiger partial charge on any atom is 0.410 e. The number of hydrogen-bond donors (Lipinski definition) is 2. The van der Waals surface area contributed by atoms with Gasteiger partial charge in [0, 0.05) is 25.3 Å². The van der Waals surface area contributed by atoms with E-state index in [4.69, 9.17) is 0 Å². The molecule has 1 atom stereocenters. The lowest BCUT2D eigenvalue weighted by Crippen LogP contribution is -2.27. The highest BCUT2D eigenvalue weighted by molar-refractivity contribution is 7.57. The summed E-state index contributed by atoms with van der Waals surface area (Å²) in [6.45, 7) is 3.64. The highest BCUT2D eigenvalue weighted by atomic mass is 31.2. The van der Waals surface area contributed by atoms with Crippen molar-refractivity contribution in [2.24, 2.45) is 0 Å². The van der Waals surface area contributed by atoms with Crippen LogP contribution < -0.4 is 5.32 Å². The number of carbonyl (C=O) groups excluding carboxylic acids is 2. The van der Waals surface area contributed by atoms with Crippen LogP contribution in [0, 0.1) is 0 Å². The quantitative estimate of drug-likeness (QED) is 0.262. The summed E-state index contributed by atoms with van der Waals surface area (Å²) in [6.07, 6.45) is 2.76. The van der Waals surface area contributed by atoms with Gasteiger partial charge in [0.2, 0.25) is 14.2 Å². The SMILES string of the molecule is CCCCP(=O)(O)CCCNC(=O)OCOC(=O)CCC. The summed E-state index contributed by atoms with van der Waals surface area (Å²) in [6, 6.07) is 0. The molecule has 7 nitrogen and oxygen atoms in total. The number of nitrogens with one attached hydrogen (secondary N) is 1. The van der Waals surface area contributed by atoms with Crippen LogP contribution in [-0.4, -0.2) is 42.6 Å². The number of hydrogen-bond acceptors (Lipinski definition) is 5. The van der Waals surface area contributed by atoms with Gasteiger partial charge in [-0.15, -0.1) is 0 Å². The van der Waals surface area contributed by atoms with Gasteiger partial charge in [-0.25, -0.2) is 4.79 Å².